The van der Waals surface area contributed by atoms with E-state index in [0.717, 1.165) is 5.56 Å². The molecule has 0 saturated heterocycles. The number of fused-ring (bicyclic) bond motifs is 1. The Hall–Kier alpha value is -2.67. The lowest BCUT2D eigenvalue weighted by Crippen LogP contribution is -2.33. The Bertz CT molecular complexity index is 1070. The summed E-state index contributed by atoms with van der Waals surface area (Å²) in [5.41, 5.74) is 1.23. The summed E-state index contributed by atoms with van der Waals surface area (Å²) < 4.78 is 15.0. The summed E-state index contributed by atoms with van der Waals surface area (Å²) in [5, 5.41) is 0.645. The maximum Gasteiger partial charge on any atom is 0.262 e. The Balaban J connectivity index is 1.81. The summed E-state index contributed by atoms with van der Waals surface area (Å²) >= 11 is 1.26. The van der Waals surface area contributed by atoms with E-state index in [1.54, 1.807) is 47.7 Å². The van der Waals surface area contributed by atoms with Crippen LogP contribution in [0.2, 0.25) is 0 Å². The topological polar surface area (TPSA) is 55.2 Å². The van der Waals surface area contributed by atoms with Gasteiger partial charge in [-0.1, -0.05) is 36.0 Å². The summed E-state index contributed by atoms with van der Waals surface area (Å²) in [5.74, 6) is -0.438. The van der Waals surface area contributed by atoms with Crippen LogP contribution in [0.15, 0.2) is 58.5 Å². The number of hydrogen-bond acceptors (Lipinski definition) is 4. The minimum Gasteiger partial charge on any atom is -0.340 e. The molecule has 0 fully saturated rings. The van der Waals surface area contributed by atoms with E-state index in [2.05, 4.69) is 4.98 Å². The van der Waals surface area contributed by atoms with E-state index < -0.39 is 5.25 Å². The second kappa shape index (κ2) is 8.56. The highest BCUT2D eigenvalue weighted by Gasteiger charge is 2.22. The zero-order chi connectivity index (χ0) is 20.3. The van der Waals surface area contributed by atoms with Crippen molar-refractivity contribution in [3.8, 4) is 0 Å². The van der Waals surface area contributed by atoms with Crippen LogP contribution in [0.25, 0.3) is 10.9 Å². The number of aromatic nitrogens is 2. The van der Waals surface area contributed by atoms with Crippen LogP contribution in [0.3, 0.4) is 0 Å². The van der Waals surface area contributed by atoms with Crippen LogP contribution in [0.1, 0.15) is 19.4 Å². The second-order valence-electron chi connectivity index (χ2n) is 6.55. The molecular formula is C21H22FN3O2S. The Kier molecular flexibility index (Phi) is 6.14. The van der Waals surface area contributed by atoms with Gasteiger partial charge in [-0.2, -0.15) is 0 Å². The van der Waals surface area contributed by atoms with E-state index in [1.807, 2.05) is 19.1 Å². The lowest BCUT2D eigenvalue weighted by molar-refractivity contribution is -0.129. The van der Waals surface area contributed by atoms with Crippen LogP contribution in [0.4, 0.5) is 4.39 Å². The average molecular weight is 399 g/mol. The van der Waals surface area contributed by atoms with E-state index in [9.17, 15) is 14.0 Å². The van der Waals surface area contributed by atoms with Gasteiger partial charge in [0.2, 0.25) is 5.91 Å². The van der Waals surface area contributed by atoms with Gasteiger partial charge in [0.05, 0.1) is 16.2 Å². The molecule has 5 nitrogen and oxygen atoms in total. The van der Waals surface area contributed by atoms with Gasteiger partial charge >= 0.3 is 0 Å². The highest BCUT2D eigenvalue weighted by molar-refractivity contribution is 8.00. The first-order valence-corrected chi connectivity index (χ1v) is 9.94. The molecule has 1 amide bonds. The lowest BCUT2D eigenvalue weighted by atomic mass is 10.2. The number of benzene rings is 2. The third-order valence-electron chi connectivity index (χ3n) is 4.46. The fraction of sp³-hybridized carbons (Fsp3) is 0.286. The number of carbonyl (C=O) groups excluding carboxylic acids is 1. The number of carbonyl (C=O) groups is 1. The molecule has 0 unspecified atom stereocenters. The van der Waals surface area contributed by atoms with E-state index in [1.165, 1.54) is 23.9 Å². The summed E-state index contributed by atoms with van der Waals surface area (Å²) in [4.78, 5) is 31.6. The summed E-state index contributed by atoms with van der Waals surface area (Å²) in [6, 6.07) is 13.4. The quantitative estimate of drug-likeness (QED) is 0.469. The monoisotopic (exact) mass is 399 g/mol. The molecule has 0 spiro atoms. The van der Waals surface area contributed by atoms with Crippen molar-refractivity contribution in [2.45, 2.75) is 37.3 Å². The molecule has 0 radical (unpaired) electrons. The molecule has 146 valence electrons. The van der Waals surface area contributed by atoms with Crippen LogP contribution in [-0.2, 0) is 17.9 Å². The number of halogens is 1. The molecule has 3 rings (SSSR count). The van der Waals surface area contributed by atoms with Gasteiger partial charge in [0.1, 0.15) is 5.82 Å². The zero-order valence-corrected chi connectivity index (χ0v) is 16.9. The highest BCUT2D eigenvalue weighted by atomic mass is 32.2. The fourth-order valence-corrected chi connectivity index (χ4v) is 4.11. The van der Waals surface area contributed by atoms with Crippen molar-refractivity contribution in [2.24, 2.45) is 0 Å². The first-order valence-electron chi connectivity index (χ1n) is 9.06. The van der Waals surface area contributed by atoms with Crippen molar-refractivity contribution in [2.75, 3.05) is 7.05 Å². The number of nitrogens with zero attached hydrogens (tertiary/aromatic N) is 3. The highest BCUT2D eigenvalue weighted by Crippen LogP contribution is 2.24. The second-order valence-corrected chi connectivity index (χ2v) is 7.85. The maximum absolute atomic E-state index is 13.4. The standard InChI is InChI=1S/C21H22FN3O2S/c1-4-25-20(27)17-10-5-6-11-18(17)23-21(25)28-14(2)19(26)24(3)13-15-8-7-9-16(22)12-15/h5-12,14H,4,13H2,1-3H3/t14-/m0/s1. The Labute approximate surface area is 167 Å². The number of rotatable bonds is 6. The summed E-state index contributed by atoms with van der Waals surface area (Å²) in [6.45, 7) is 4.45. The molecule has 1 aromatic heterocycles. The Morgan fingerprint density at radius 2 is 2.00 bits per heavy atom. The molecule has 0 aliphatic heterocycles. The largest absolute Gasteiger partial charge is 0.340 e. The van der Waals surface area contributed by atoms with Crippen LogP contribution in [-0.4, -0.2) is 32.7 Å². The van der Waals surface area contributed by atoms with Gasteiger partial charge in [0.15, 0.2) is 5.16 Å². The summed E-state index contributed by atoms with van der Waals surface area (Å²) in [6.07, 6.45) is 0. The minimum atomic E-state index is -0.440. The van der Waals surface area contributed by atoms with Crippen molar-refractivity contribution in [3.63, 3.8) is 0 Å². The number of thioether (sulfide) groups is 1. The molecule has 0 aliphatic carbocycles. The summed E-state index contributed by atoms with van der Waals surface area (Å²) in [7, 11) is 1.69. The third-order valence-corrected chi connectivity index (χ3v) is 5.54. The number of hydrogen-bond donors (Lipinski definition) is 0. The number of amides is 1. The van der Waals surface area contributed by atoms with Gasteiger partial charge in [0, 0.05) is 20.1 Å². The predicted molar refractivity (Wildman–Crippen MR) is 110 cm³/mol. The molecule has 0 bridgehead atoms. The molecular weight excluding hydrogens is 377 g/mol. The van der Waals surface area contributed by atoms with Crippen LogP contribution < -0.4 is 5.56 Å². The molecule has 0 N–H and O–H groups in total. The van der Waals surface area contributed by atoms with E-state index >= 15 is 0 Å². The minimum absolute atomic E-state index is 0.108. The smallest absolute Gasteiger partial charge is 0.262 e. The molecule has 1 heterocycles. The Morgan fingerprint density at radius 3 is 2.71 bits per heavy atom. The maximum atomic E-state index is 13.4. The van der Waals surface area contributed by atoms with Crippen molar-refractivity contribution in [1.29, 1.82) is 0 Å². The van der Waals surface area contributed by atoms with Crippen molar-refractivity contribution in [1.82, 2.24) is 14.5 Å². The van der Waals surface area contributed by atoms with Crippen LogP contribution in [0.5, 0.6) is 0 Å². The zero-order valence-electron chi connectivity index (χ0n) is 16.1. The van der Waals surface area contributed by atoms with Gasteiger partial charge < -0.3 is 4.90 Å². The molecule has 2 aromatic carbocycles. The predicted octanol–water partition coefficient (Wildman–Crippen LogP) is 3.69. The number of para-hydroxylation sites is 1. The van der Waals surface area contributed by atoms with Gasteiger partial charge in [-0.25, -0.2) is 9.37 Å². The molecule has 0 saturated carbocycles. The van der Waals surface area contributed by atoms with E-state index in [-0.39, 0.29) is 17.3 Å². The van der Waals surface area contributed by atoms with E-state index in [0.29, 0.717) is 29.1 Å². The molecule has 28 heavy (non-hydrogen) atoms. The molecule has 1 atom stereocenters. The lowest BCUT2D eigenvalue weighted by Gasteiger charge is -2.22. The van der Waals surface area contributed by atoms with Gasteiger partial charge in [-0.15, -0.1) is 0 Å². The van der Waals surface area contributed by atoms with Crippen molar-refractivity contribution >= 4 is 28.6 Å². The van der Waals surface area contributed by atoms with Gasteiger partial charge in [-0.05, 0) is 43.7 Å². The van der Waals surface area contributed by atoms with Crippen LogP contribution >= 0.6 is 11.8 Å². The van der Waals surface area contributed by atoms with E-state index in [4.69, 9.17) is 0 Å². The molecule has 3 aromatic rings. The fourth-order valence-electron chi connectivity index (χ4n) is 3.02. The first kappa shape index (κ1) is 20.1. The third kappa shape index (κ3) is 4.25. The van der Waals surface area contributed by atoms with Crippen molar-refractivity contribution < 1.29 is 9.18 Å². The normalized spacial score (nSPS) is 12.1. The van der Waals surface area contributed by atoms with Crippen molar-refractivity contribution in [3.05, 3.63) is 70.3 Å². The van der Waals surface area contributed by atoms with Crippen LogP contribution in [0, 0.1) is 5.82 Å². The Morgan fingerprint density at radius 1 is 1.25 bits per heavy atom. The van der Waals surface area contributed by atoms with Gasteiger partial charge in [0.25, 0.3) is 5.56 Å². The average Bonchev–Trinajstić information content (AvgIpc) is 2.67. The first-order chi connectivity index (χ1) is 13.4. The van der Waals surface area contributed by atoms with Gasteiger partial charge in [-0.3, -0.25) is 14.2 Å². The molecule has 0 aliphatic rings. The molecule has 7 heteroatoms. The SMILES string of the molecule is CCn1c(S[C@@H](C)C(=O)N(C)Cc2cccc(F)c2)nc2ccccc2c1=O.